The number of amides is 1. The number of aromatic nitrogens is 3. The molecule has 1 atom stereocenters. The molecule has 1 amide bonds. The normalized spacial score (nSPS) is 12.4. The molecule has 2 aromatic rings. The predicted molar refractivity (Wildman–Crippen MR) is 85.7 cm³/mol. The molecule has 1 heterocycles. The maximum absolute atomic E-state index is 11.7. The lowest BCUT2D eigenvalue weighted by Gasteiger charge is -2.25. The van der Waals surface area contributed by atoms with Crippen LogP contribution in [0, 0.1) is 0 Å². The van der Waals surface area contributed by atoms with Crippen LogP contribution in [0.3, 0.4) is 0 Å². The molecule has 1 aromatic carbocycles. The van der Waals surface area contributed by atoms with Crippen LogP contribution in [0.25, 0.3) is 5.69 Å². The van der Waals surface area contributed by atoms with Crippen molar-refractivity contribution in [2.24, 2.45) is 0 Å². The van der Waals surface area contributed by atoms with Gasteiger partial charge in [0, 0.05) is 33.1 Å². The highest BCUT2D eigenvalue weighted by atomic mass is 16.2. The molecular weight excluding hydrogens is 278 g/mol. The Balaban J connectivity index is 1.97. The second-order valence-electron chi connectivity index (χ2n) is 5.63. The Hall–Kier alpha value is -2.21. The average molecular weight is 301 g/mol. The molecule has 22 heavy (non-hydrogen) atoms. The molecule has 0 bridgehead atoms. The summed E-state index contributed by atoms with van der Waals surface area (Å²) in [6.45, 7) is 2.88. The number of hydrogen-bond donors (Lipinski definition) is 0. The van der Waals surface area contributed by atoms with E-state index < -0.39 is 0 Å². The van der Waals surface area contributed by atoms with Crippen LogP contribution in [0.1, 0.15) is 24.9 Å². The summed E-state index contributed by atoms with van der Waals surface area (Å²) >= 11 is 0. The molecule has 6 heteroatoms. The summed E-state index contributed by atoms with van der Waals surface area (Å²) in [5.74, 6) is 0.153. The zero-order valence-electron chi connectivity index (χ0n) is 13.6. The van der Waals surface area contributed by atoms with Gasteiger partial charge in [-0.05, 0) is 31.7 Å². The van der Waals surface area contributed by atoms with Crippen molar-refractivity contribution < 1.29 is 4.79 Å². The van der Waals surface area contributed by atoms with Crippen LogP contribution >= 0.6 is 0 Å². The molecule has 1 unspecified atom stereocenters. The summed E-state index contributed by atoms with van der Waals surface area (Å²) in [7, 11) is 5.61. The van der Waals surface area contributed by atoms with Gasteiger partial charge in [0.05, 0.1) is 5.69 Å². The van der Waals surface area contributed by atoms with Crippen molar-refractivity contribution in [1.29, 1.82) is 0 Å². The van der Waals surface area contributed by atoms with Crippen LogP contribution in [-0.2, 0) is 4.79 Å². The Morgan fingerprint density at radius 3 is 2.45 bits per heavy atom. The molecule has 0 aliphatic rings. The Labute approximate surface area is 131 Å². The first-order valence-electron chi connectivity index (χ1n) is 7.34. The lowest BCUT2D eigenvalue weighted by Crippen LogP contribution is -2.29. The lowest BCUT2D eigenvalue weighted by atomic mass is 10.1. The van der Waals surface area contributed by atoms with Crippen molar-refractivity contribution in [3.63, 3.8) is 0 Å². The first kappa shape index (κ1) is 16.2. The summed E-state index contributed by atoms with van der Waals surface area (Å²) in [5.41, 5.74) is 2.20. The van der Waals surface area contributed by atoms with Crippen molar-refractivity contribution in [3.8, 4) is 5.69 Å². The Morgan fingerprint density at radius 1 is 1.23 bits per heavy atom. The highest BCUT2D eigenvalue weighted by molar-refractivity contribution is 5.75. The monoisotopic (exact) mass is 301 g/mol. The van der Waals surface area contributed by atoms with Crippen molar-refractivity contribution in [2.75, 3.05) is 27.7 Å². The maximum Gasteiger partial charge on any atom is 0.223 e. The zero-order valence-corrected chi connectivity index (χ0v) is 13.6. The first-order valence-corrected chi connectivity index (χ1v) is 7.34. The number of nitrogens with zero attached hydrogens (tertiary/aromatic N) is 5. The fourth-order valence-electron chi connectivity index (χ4n) is 2.19. The molecule has 0 spiro atoms. The topological polar surface area (TPSA) is 54.3 Å². The Morgan fingerprint density at radius 2 is 1.91 bits per heavy atom. The molecule has 0 aliphatic heterocycles. The minimum Gasteiger partial charge on any atom is -0.349 e. The number of carbonyl (C=O) groups excluding carboxylic acids is 1. The summed E-state index contributed by atoms with van der Waals surface area (Å²) in [4.78, 5) is 19.4. The van der Waals surface area contributed by atoms with Crippen molar-refractivity contribution in [2.45, 2.75) is 19.4 Å². The van der Waals surface area contributed by atoms with Gasteiger partial charge in [-0.15, -0.1) is 0 Å². The van der Waals surface area contributed by atoms with E-state index in [1.165, 1.54) is 11.9 Å². The SMILES string of the molecule is CC(c1ccc(-n2cncn2)cc1)N(C)CCC(=O)N(C)C. The van der Waals surface area contributed by atoms with Gasteiger partial charge >= 0.3 is 0 Å². The van der Waals surface area contributed by atoms with Gasteiger partial charge < -0.3 is 4.90 Å². The molecule has 6 nitrogen and oxygen atoms in total. The van der Waals surface area contributed by atoms with Crippen LogP contribution < -0.4 is 0 Å². The van der Waals surface area contributed by atoms with Crippen LogP contribution in [-0.4, -0.2) is 58.2 Å². The van der Waals surface area contributed by atoms with Gasteiger partial charge in [-0.1, -0.05) is 12.1 Å². The predicted octanol–water partition coefficient (Wildman–Crippen LogP) is 1.74. The van der Waals surface area contributed by atoms with Gasteiger partial charge in [-0.25, -0.2) is 9.67 Å². The third kappa shape index (κ3) is 3.92. The van der Waals surface area contributed by atoms with E-state index in [2.05, 4.69) is 34.0 Å². The summed E-state index contributed by atoms with van der Waals surface area (Å²) < 4.78 is 1.73. The third-order valence-electron chi connectivity index (χ3n) is 3.90. The lowest BCUT2D eigenvalue weighted by molar-refractivity contribution is -0.129. The number of rotatable bonds is 6. The van der Waals surface area contributed by atoms with E-state index in [1.54, 1.807) is 30.0 Å². The Kier molecular flexibility index (Phi) is 5.27. The molecular formula is C16H23N5O. The van der Waals surface area contributed by atoms with Gasteiger partial charge in [0.1, 0.15) is 12.7 Å². The van der Waals surface area contributed by atoms with Crippen molar-refractivity contribution in [3.05, 3.63) is 42.5 Å². The van der Waals surface area contributed by atoms with E-state index in [9.17, 15) is 4.79 Å². The summed E-state index contributed by atoms with van der Waals surface area (Å²) in [6.07, 6.45) is 3.73. The number of carbonyl (C=O) groups is 1. The van der Waals surface area contributed by atoms with E-state index in [0.717, 1.165) is 12.2 Å². The molecule has 1 aromatic heterocycles. The van der Waals surface area contributed by atoms with E-state index in [-0.39, 0.29) is 11.9 Å². The molecule has 0 aliphatic carbocycles. The molecule has 0 saturated carbocycles. The van der Waals surface area contributed by atoms with Gasteiger partial charge in [0.25, 0.3) is 0 Å². The van der Waals surface area contributed by atoms with Crippen LogP contribution in [0.15, 0.2) is 36.9 Å². The standard InChI is InChI=1S/C16H23N5O/c1-13(20(4)10-9-16(22)19(2)3)14-5-7-15(8-6-14)21-12-17-11-18-21/h5-8,11-13H,9-10H2,1-4H3. The average Bonchev–Trinajstić information content (AvgIpc) is 3.06. The van der Waals surface area contributed by atoms with Crippen molar-refractivity contribution in [1.82, 2.24) is 24.6 Å². The molecule has 0 N–H and O–H groups in total. The highest BCUT2D eigenvalue weighted by Gasteiger charge is 2.13. The van der Waals surface area contributed by atoms with Crippen LogP contribution in [0.5, 0.6) is 0 Å². The second kappa shape index (κ2) is 7.17. The van der Waals surface area contributed by atoms with E-state index in [1.807, 2.05) is 19.2 Å². The van der Waals surface area contributed by atoms with E-state index >= 15 is 0 Å². The van der Waals surface area contributed by atoms with E-state index in [0.29, 0.717) is 6.42 Å². The van der Waals surface area contributed by atoms with E-state index in [4.69, 9.17) is 0 Å². The first-order chi connectivity index (χ1) is 10.5. The van der Waals surface area contributed by atoms with Crippen LogP contribution in [0.4, 0.5) is 0 Å². The minimum atomic E-state index is 0.153. The molecule has 118 valence electrons. The van der Waals surface area contributed by atoms with Gasteiger partial charge in [-0.3, -0.25) is 9.69 Å². The number of benzene rings is 1. The Bertz CT molecular complexity index is 592. The summed E-state index contributed by atoms with van der Waals surface area (Å²) in [6, 6.07) is 8.48. The molecule has 0 fully saturated rings. The van der Waals surface area contributed by atoms with Gasteiger partial charge in [-0.2, -0.15) is 5.10 Å². The molecule has 0 saturated heterocycles. The third-order valence-corrected chi connectivity index (χ3v) is 3.90. The van der Waals surface area contributed by atoms with Crippen LogP contribution in [0.2, 0.25) is 0 Å². The van der Waals surface area contributed by atoms with Gasteiger partial charge in [0.15, 0.2) is 0 Å². The molecule has 0 radical (unpaired) electrons. The minimum absolute atomic E-state index is 0.153. The fourth-order valence-corrected chi connectivity index (χ4v) is 2.19. The highest BCUT2D eigenvalue weighted by Crippen LogP contribution is 2.20. The number of hydrogen-bond acceptors (Lipinski definition) is 4. The fraction of sp³-hybridized carbons (Fsp3) is 0.438. The molecule has 2 rings (SSSR count). The van der Waals surface area contributed by atoms with Crippen molar-refractivity contribution >= 4 is 5.91 Å². The zero-order chi connectivity index (χ0) is 16.1. The summed E-state index contributed by atoms with van der Waals surface area (Å²) in [5, 5.41) is 4.11. The smallest absolute Gasteiger partial charge is 0.223 e. The quantitative estimate of drug-likeness (QED) is 0.815. The van der Waals surface area contributed by atoms with Gasteiger partial charge in [0.2, 0.25) is 5.91 Å². The second-order valence-corrected chi connectivity index (χ2v) is 5.63. The maximum atomic E-state index is 11.7. The largest absolute Gasteiger partial charge is 0.349 e.